The summed E-state index contributed by atoms with van der Waals surface area (Å²) in [7, 11) is 0. The maximum absolute atomic E-state index is 12.9. The van der Waals surface area contributed by atoms with E-state index in [0.717, 1.165) is 25.0 Å². The Labute approximate surface area is 158 Å². The molecule has 0 aliphatic heterocycles. The van der Waals surface area contributed by atoms with Gasteiger partial charge in [0.15, 0.2) is 5.57 Å². The van der Waals surface area contributed by atoms with Gasteiger partial charge in [-0.05, 0) is 38.8 Å². The third-order valence-electron chi connectivity index (χ3n) is 3.60. The molecule has 1 fully saturated rings. The first-order valence-electron chi connectivity index (χ1n) is 8.27. The highest BCUT2D eigenvalue weighted by molar-refractivity contribution is 6.30. The Balaban J connectivity index is 2.43. The molecule has 1 saturated carbocycles. The molecule has 1 aromatic heterocycles. The summed E-state index contributed by atoms with van der Waals surface area (Å²) >= 11 is 5.68. The van der Waals surface area contributed by atoms with Crippen molar-refractivity contribution >= 4 is 29.4 Å². The number of carbonyl (C=O) groups is 2. The topological polar surface area (TPSA) is 68.7 Å². The zero-order valence-corrected chi connectivity index (χ0v) is 15.4. The molecule has 0 unspecified atom stereocenters. The van der Waals surface area contributed by atoms with Crippen molar-refractivity contribution in [3.05, 3.63) is 34.6 Å². The van der Waals surface area contributed by atoms with Gasteiger partial charge in [0.2, 0.25) is 0 Å². The van der Waals surface area contributed by atoms with Crippen molar-refractivity contribution in [2.24, 2.45) is 0 Å². The summed E-state index contributed by atoms with van der Waals surface area (Å²) in [4.78, 5) is 29.4. The molecule has 1 aromatic rings. The first-order chi connectivity index (χ1) is 12.7. The second kappa shape index (κ2) is 8.60. The largest absolute Gasteiger partial charge is 0.462 e. The fourth-order valence-electron chi connectivity index (χ4n) is 2.24. The van der Waals surface area contributed by atoms with Gasteiger partial charge in [-0.1, -0.05) is 11.6 Å². The second-order valence-electron chi connectivity index (χ2n) is 5.63. The van der Waals surface area contributed by atoms with Crippen LogP contribution < -0.4 is 4.90 Å². The number of alkyl halides is 3. The van der Waals surface area contributed by atoms with Gasteiger partial charge in [-0.15, -0.1) is 0 Å². The molecule has 0 amide bonds. The average molecular weight is 407 g/mol. The quantitative estimate of drug-likeness (QED) is 0.226. The number of hydrogen-bond acceptors (Lipinski definition) is 6. The predicted molar refractivity (Wildman–Crippen MR) is 91.1 cm³/mol. The highest BCUT2D eigenvalue weighted by Crippen LogP contribution is 2.37. The Morgan fingerprint density at radius 1 is 1.22 bits per heavy atom. The number of halogens is 4. The van der Waals surface area contributed by atoms with Crippen molar-refractivity contribution in [1.29, 1.82) is 0 Å². The molecule has 2 rings (SSSR count). The summed E-state index contributed by atoms with van der Waals surface area (Å²) in [5, 5.41) is -0.715. The molecule has 0 aromatic carbocycles. The maximum Gasteiger partial charge on any atom is 0.419 e. The van der Waals surface area contributed by atoms with Gasteiger partial charge in [-0.3, -0.25) is 0 Å². The van der Waals surface area contributed by atoms with E-state index in [0.29, 0.717) is 0 Å². The van der Waals surface area contributed by atoms with Crippen molar-refractivity contribution in [2.75, 3.05) is 18.1 Å². The summed E-state index contributed by atoms with van der Waals surface area (Å²) < 4.78 is 48.3. The molecule has 0 saturated heterocycles. The van der Waals surface area contributed by atoms with Crippen molar-refractivity contribution in [3.63, 3.8) is 0 Å². The number of pyridine rings is 1. The molecular formula is C17H18ClF3N2O4. The molecule has 1 aliphatic carbocycles. The monoisotopic (exact) mass is 406 g/mol. The van der Waals surface area contributed by atoms with Crippen LogP contribution in [-0.2, 0) is 25.2 Å². The molecule has 0 radical (unpaired) electrons. The lowest BCUT2D eigenvalue weighted by Crippen LogP contribution is -2.26. The van der Waals surface area contributed by atoms with Crippen LogP contribution in [0.5, 0.6) is 0 Å². The average Bonchev–Trinajstić information content (AvgIpc) is 3.39. The third-order valence-corrected chi connectivity index (χ3v) is 3.89. The van der Waals surface area contributed by atoms with E-state index in [4.69, 9.17) is 21.1 Å². The smallest absolute Gasteiger partial charge is 0.419 e. The van der Waals surface area contributed by atoms with E-state index in [-0.39, 0.29) is 30.6 Å². The normalized spacial score (nSPS) is 13.7. The number of carbonyl (C=O) groups excluding carboxylic acids is 2. The van der Waals surface area contributed by atoms with Crippen LogP contribution in [0.15, 0.2) is 23.9 Å². The minimum atomic E-state index is -4.64. The minimum absolute atomic E-state index is 0.0450. The molecular weight excluding hydrogens is 389 g/mol. The van der Waals surface area contributed by atoms with E-state index in [9.17, 15) is 22.8 Å². The standard InChI is InChI=1S/C17H18ClF3N2O4/c1-3-26-15(24)11(16(25)27-4-2)9-23(10-5-6-10)13-8-7-12(14(18)22-13)17(19,20)21/h7-10H,3-6H2,1-2H3. The molecule has 148 valence electrons. The molecule has 0 bridgehead atoms. The van der Waals surface area contributed by atoms with E-state index in [1.54, 1.807) is 13.8 Å². The maximum atomic E-state index is 12.9. The summed E-state index contributed by atoms with van der Waals surface area (Å²) in [5.74, 6) is -1.69. The predicted octanol–water partition coefficient (Wildman–Crippen LogP) is 3.73. The van der Waals surface area contributed by atoms with Gasteiger partial charge in [0.25, 0.3) is 0 Å². The molecule has 27 heavy (non-hydrogen) atoms. The van der Waals surface area contributed by atoms with Crippen molar-refractivity contribution in [1.82, 2.24) is 4.98 Å². The molecule has 1 aliphatic rings. The summed E-state index contributed by atoms with van der Waals surface area (Å²) in [5.41, 5.74) is -1.44. The summed E-state index contributed by atoms with van der Waals surface area (Å²) in [6, 6.07) is 1.82. The van der Waals surface area contributed by atoms with Crippen LogP contribution in [-0.4, -0.2) is 36.2 Å². The Bertz CT molecular complexity index is 728. The lowest BCUT2D eigenvalue weighted by atomic mass is 10.2. The van der Waals surface area contributed by atoms with E-state index in [1.165, 1.54) is 11.1 Å². The van der Waals surface area contributed by atoms with Crippen molar-refractivity contribution in [3.8, 4) is 0 Å². The molecule has 0 atom stereocenters. The Kier molecular flexibility index (Phi) is 6.69. The number of aromatic nitrogens is 1. The molecule has 10 heteroatoms. The van der Waals surface area contributed by atoms with Crippen LogP contribution in [0.4, 0.5) is 19.0 Å². The minimum Gasteiger partial charge on any atom is -0.462 e. The van der Waals surface area contributed by atoms with E-state index >= 15 is 0 Å². The van der Waals surface area contributed by atoms with Crippen LogP contribution in [0.2, 0.25) is 5.15 Å². The van der Waals surface area contributed by atoms with E-state index in [1.807, 2.05) is 0 Å². The molecule has 6 nitrogen and oxygen atoms in total. The van der Waals surface area contributed by atoms with Gasteiger partial charge in [0.05, 0.1) is 18.8 Å². The van der Waals surface area contributed by atoms with Crippen LogP contribution in [0.1, 0.15) is 32.3 Å². The lowest BCUT2D eigenvalue weighted by molar-refractivity contribution is -0.146. The Hall–Kier alpha value is -2.29. The van der Waals surface area contributed by atoms with Gasteiger partial charge in [-0.2, -0.15) is 13.2 Å². The summed E-state index contributed by atoms with van der Waals surface area (Å²) in [6.45, 7) is 3.25. The Morgan fingerprint density at radius 3 is 2.19 bits per heavy atom. The Morgan fingerprint density at radius 2 is 1.78 bits per heavy atom. The number of anilines is 1. The number of ether oxygens (including phenoxy) is 2. The zero-order chi connectivity index (χ0) is 20.2. The van der Waals surface area contributed by atoms with Crippen LogP contribution >= 0.6 is 11.6 Å². The second-order valence-corrected chi connectivity index (χ2v) is 5.99. The molecule has 1 heterocycles. The van der Waals surface area contributed by atoms with Crippen LogP contribution in [0.25, 0.3) is 0 Å². The third kappa shape index (κ3) is 5.35. The summed E-state index contributed by atoms with van der Waals surface area (Å²) in [6.07, 6.45) is -2.00. The van der Waals surface area contributed by atoms with Crippen molar-refractivity contribution < 1.29 is 32.2 Å². The molecule has 0 spiro atoms. The number of rotatable bonds is 7. The number of nitrogens with zero attached hydrogens (tertiary/aromatic N) is 2. The van der Waals surface area contributed by atoms with Gasteiger partial charge in [0.1, 0.15) is 11.0 Å². The van der Waals surface area contributed by atoms with Crippen LogP contribution in [0, 0.1) is 0 Å². The first kappa shape index (κ1) is 21.0. The highest BCUT2D eigenvalue weighted by Gasteiger charge is 2.36. The number of hydrogen-bond donors (Lipinski definition) is 0. The molecule has 0 N–H and O–H groups in total. The van der Waals surface area contributed by atoms with Crippen molar-refractivity contribution in [2.45, 2.75) is 38.9 Å². The van der Waals surface area contributed by atoms with Gasteiger partial charge < -0.3 is 14.4 Å². The highest BCUT2D eigenvalue weighted by atomic mass is 35.5. The SMILES string of the molecule is CCOC(=O)C(=CN(c1ccc(C(F)(F)F)c(Cl)n1)C1CC1)C(=O)OCC. The van der Waals surface area contributed by atoms with Gasteiger partial charge >= 0.3 is 18.1 Å². The number of esters is 2. The van der Waals surface area contributed by atoms with Crippen LogP contribution in [0.3, 0.4) is 0 Å². The lowest BCUT2D eigenvalue weighted by Gasteiger charge is -2.21. The van der Waals surface area contributed by atoms with E-state index < -0.39 is 28.8 Å². The fraction of sp³-hybridized carbons (Fsp3) is 0.471. The van der Waals surface area contributed by atoms with E-state index in [2.05, 4.69) is 4.98 Å². The fourth-order valence-corrected chi connectivity index (χ4v) is 2.49. The van der Waals surface area contributed by atoms with Gasteiger partial charge in [-0.25, -0.2) is 14.6 Å². The zero-order valence-electron chi connectivity index (χ0n) is 14.7. The first-order valence-corrected chi connectivity index (χ1v) is 8.65. The van der Waals surface area contributed by atoms with Gasteiger partial charge in [0, 0.05) is 12.2 Å².